The zero-order valence-electron chi connectivity index (χ0n) is 2.31. The fraction of sp³-hybridized carbons (Fsp3) is 0.500. The Labute approximate surface area is 39.6 Å². The zero-order chi connectivity index (χ0) is 3.41. The van der Waals surface area contributed by atoms with Gasteiger partial charge in [0.05, 0.1) is 0 Å². The van der Waals surface area contributed by atoms with E-state index < -0.39 is 0 Å². The van der Waals surface area contributed by atoms with Gasteiger partial charge in [0.25, 0.3) is 0 Å². The molecule has 0 aliphatic rings. The number of hydrogen-bond acceptors (Lipinski definition) is 2. The van der Waals surface area contributed by atoms with Crippen LogP contribution in [0.3, 0.4) is 0 Å². The molecule has 0 fully saturated rings. The molecule has 0 unspecified atom stereocenters. The number of nitrogens with zero attached hydrogens (tertiary/aromatic N) is 2. The quantitative estimate of drug-likeness (QED) is 0.343. The van der Waals surface area contributed by atoms with Gasteiger partial charge in [-0.2, -0.15) is 10.2 Å². The van der Waals surface area contributed by atoms with Gasteiger partial charge in [-0.25, -0.2) is 0 Å². The third-order valence-corrected chi connectivity index (χ3v) is 0.1000. The molecule has 0 aromatic rings. The Morgan fingerprint density at radius 2 is 1.00 bits per heavy atom. The molecule has 0 bridgehead atoms. The smallest absolute Gasteiger partial charge is 0.0132 e. The van der Waals surface area contributed by atoms with Crippen molar-refractivity contribution in [1.29, 1.82) is 0 Å². The normalized spacial score (nSPS) is 3.33. The van der Waals surface area contributed by atoms with Crippen LogP contribution in [0.15, 0.2) is 10.2 Å². The average molecular weight is 88.2 g/mol. The first-order valence-electron chi connectivity index (χ1n) is 0.832. The van der Waals surface area contributed by atoms with Crippen molar-refractivity contribution in [3.8, 4) is 0 Å². The van der Waals surface area contributed by atoms with E-state index in [-0.39, 0.29) is 14.9 Å². The summed E-state index contributed by atoms with van der Waals surface area (Å²) in [6.07, 6.45) is 0. The lowest BCUT2D eigenvalue weighted by Gasteiger charge is -1.50. The van der Waals surface area contributed by atoms with E-state index in [4.69, 9.17) is 0 Å². The van der Waals surface area contributed by atoms with Crippen molar-refractivity contribution in [3.05, 3.63) is 0 Å². The molecule has 0 rings (SSSR count). The predicted octanol–water partition coefficient (Wildman–Crippen LogP) is 1.57. The molecule has 0 saturated heterocycles. The summed E-state index contributed by atoms with van der Waals surface area (Å²) in [5.74, 6) is 0. The van der Waals surface area contributed by atoms with Crippen LogP contribution in [0.4, 0.5) is 0 Å². The van der Waals surface area contributed by atoms with Crippen molar-refractivity contribution in [2.45, 2.75) is 14.9 Å². The fourth-order valence-corrected chi connectivity index (χ4v) is 0. The van der Waals surface area contributed by atoms with E-state index >= 15 is 0 Å². The minimum absolute atomic E-state index is 0. The summed E-state index contributed by atoms with van der Waals surface area (Å²) in [6, 6.07) is 0. The molecule has 0 aromatic heterocycles. The zero-order valence-corrected chi connectivity index (χ0v) is 2.31. The van der Waals surface area contributed by atoms with Gasteiger partial charge in [-0.3, -0.25) is 0 Å². The van der Waals surface area contributed by atoms with Gasteiger partial charge < -0.3 is 0 Å². The van der Waals surface area contributed by atoms with Crippen molar-refractivity contribution in [2.24, 2.45) is 10.2 Å². The summed E-state index contributed by atoms with van der Waals surface area (Å²) in [7, 11) is 0. The van der Waals surface area contributed by atoms with Crippen LogP contribution in [0.1, 0.15) is 14.9 Å². The molecule has 2 heteroatoms. The second kappa shape index (κ2) is 27.0. The van der Waals surface area contributed by atoms with Crippen LogP contribution in [0, 0.1) is 0 Å². The van der Waals surface area contributed by atoms with Crippen LogP contribution in [-0.4, -0.2) is 13.4 Å². The van der Waals surface area contributed by atoms with Crippen LogP contribution in [0.5, 0.6) is 0 Å². The lowest BCUT2D eigenvalue weighted by atomic mass is 11.6. The maximum absolute atomic E-state index is 3.00. The highest BCUT2D eigenvalue weighted by atomic mass is 15.2. The Kier molecular flexibility index (Phi) is 82.5. The maximum atomic E-state index is 3.00. The van der Waals surface area contributed by atoms with E-state index in [0.29, 0.717) is 0 Å². The summed E-state index contributed by atoms with van der Waals surface area (Å²) in [5, 5.41) is 6.00. The molecule has 0 saturated carbocycles. The molecule has 0 atom stereocenters. The van der Waals surface area contributed by atoms with Crippen LogP contribution in [-0.2, 0) is 0 Å². The topological polar surface area (TPSA) is 24.7 Å². The summed E-state index contributed by atoms with van der Waals surface area (Å²) in [5.41, 5.74) is 0. The van der Waals surface area contributed by atoms with Gasteiger partial charge in [0.1, 0.15) is 0 Å². The lowest BCUT2D eigenvalue weighted by Crippen LogP contribution is -1.30. The van der Waals surface area contributed by atoms with Crippen LogP contribution in [0.2, 0.25) is 0 Å². The van der Waals surface area contributed by atoms with E-state index in [1.165, 1.54) is 0 Å². The van der Waals surface area contributed by atoms with Crippen molar-refractivity contribution in [3.63, 3.8) is 0 Å². The highest BCUT2D eigenvalue weighted by Crippen LogP contribution is 1.47. The van der Waals surface area contributed by atoms with E-state index in [1.807, 2.05) is 0 Å². The summed E-state index contributed by atoms with van der Waals surface area (Å²) >= 11 is 0. The van der Waals surface area contributed by atoms with Gasteiger partial charge in [0, 0.05) is 13.4 Å². The Balaban J connectivity index is -0.0000000450. The van der Waals surface area contributed by atoms with E-state index in [0.717, 1.165) is 0 Å². The molecular formula is C4H12N2. The van der Waals surface area contributed by atoms with Crippen LogP contribution >= 0.6 is 0 Å². The lowest BCUT2D eigenvalue weighted by molar-refractivity contribution is 1.29. The SMILES string of the molecule is C.C.C=NN=C. The first-order chi connectivity index (χ1) is 1.91. The summed E-state index contributed by atoms with van der Waals surface area (Å²) in [4.78, 5) is 0. The van der Waals surface area contributed by atoms with Crippen molar-refractivity contribution in [1.82, 2.24) is 0 Å². The maximum Gasteiger partial charge on any atom is 0.0132 e. The Bertz CT molecular complexity index is 26.5. The van der Waals surface area contributed by atoms with Gasteiger partial charge in [0.15, 0.2) is 0 Å². The molecule has 6 heavy (non-hydrogen) atoms. The first-order valence-corrected chi connectivity index (χ1v) is 0.832. The first kappa shape index (κ1) is 18.4. The molecule has 0 heterocycles. The molecule has 0 aliphatic heterocycles. The molecule has 2 nitrogen and oxygen atoms in total. The van der Waals surface area contributed by atoms with E-state index in [1.54, 1.807) is 0 Å². The average Bonchev–Trinajstić information content (AvgIpc) is 1.37. The van der Waals surface area contributed by atoms with Gasteiger partial charge in [-0.15, -0.1) is 0 Å². The molecule has 0 aliphatic carbocycles. The summed E-state index contributed by atoms with van der Waals surface area (Å²) in [6.45, 7) is 6.00. The second-order valence-corrected chi connectivity index (χ2v) is 0.283. The minimum atomic E-state index is 0. The highest BCUT2D eigenvalue weighted by Gasteiger charge is 1.24. The molecule has 38 valence electrons. The van der Waals surface area contributed by atoms with Gasteiger partial charge in [-0.1, -0.05) is 14.9 Å². The second-order valence-electron chi connectivity index (χ2n) is 0.283. The minimum Gasteiger partial charge on any atom is -0.168 e. The number of hydrogen-bond donors (Lipinski definition) is 0. The van der Waals surface area contributed by atoms with Crippen LogP contribution in [0.25, 0.3) is 0 Å². The molecule has 0 spiro atoms. The highest BCUT2D eigenvalue weighted by molar-refractivity contribution is 5.28. The van der Waals surface area contributed by atoms with E-state index in [9.17, 15) is 0 Å². The van der Waals surface area contributed by atoms with E-state index in [2.05, 4.69) is 23.6 Å². The van der Waals surface area contributed by atoms with Crippen molar-refractivity contribution < 1.29 is 0 Å². The van der Waals surface area contributed by atoms with Crippen molar-refractivity contribution >= 4 is 13.4 Å². The Morgan fingerprint density at radius 3 is 1.00 bits per heavy atom. The molecule has 0 aromatic carbocycles. The largest absolute Gasteiger partial charge is 0.168 e. The molecule has 0 N–H and O–H groups in total. The van der Waals surface area contributed by atoms with Gasteiger partial charge in [0.2, 0.25) is 0 Å². The Hall–Kier alpha value is -0.660. The third-order valence-electron chi connectivity index (χ3n) is 0.1000. The fourth-order valence-electron chi connectivity index (χ4n) is 0. The van der Waals surface area contributed by atoms with Gasteiger partial charge >= 0.3 is 0 Å². The molecule has 0 amide bonds. The van der Waals surface area contributed by atoms with Gasteiger partial charge in [-0.05, 0) is 0 Å². The standard InChI is InChI=1S/C2H4N2.2CH4/c1-3-4-2;;/h1-2H2;2*1H4. The predicted molar refractivity (Wildman–Crippen MR) is 32.6 cm³/mol. The Morgan fingerprint density at radius 1 is 0.833 bits per heavy atom. The monoisotopic (exact) mass is 88.1 g/mol. The summed E-state index contributed by atoms with van der Waals surface area (Å²) < 4.78 is 0. The number of rotatable bonds is 1. The van der Waals surface area contributed by atoms with Crippen LogP contribution < -0.4 is 0 Å². The molecular weight excluding hydrogens is 76.1 g/mol. The molecule has 0 radical (unpaired) electrons. The third kappa shape index (κ3) is 158. The van der Waals surface area contributed by atoms with Crippen molar-refractivity contribution in [2.75, 3.05) is 0 Å².